The van der Waals surface area contributed by atoms with Crippen LogP contribution in [0.25, 0.3) is 0 Å². The third-order valence-corrected chi connectivity index (χ3v) is 2.77. The van der Waals surface area contributed by atoms with Gasteiger partial charge in [0.2, 0.25) is 10.0 Å². The van der Waals surface area contributed by atoms with Crippen LogP contribution >= 0.6 is 0 Å². The van der Waals surface area contributed by atoms with Gasteiger partial charge in [-0.25, -0.2) is 13.1 Å². The van der Waals surface area contributed by atoms with Crippen LogP contribution in [-0.4, -0.2) is 45.8 Å². The van der Waals surface area contributed by atoms with Crippen molar-refractivity contribution in [1.82, 2.24) is 9.62 Å². The van der Waals surface area contributed by atoms with E-state index in [0.717, 1.165) is 25.9 Å². The summed E-state index contributed by atoms with van der Waals surface area (Å²) in [6.45, 7) is 1.90. The predicted octanol–water partition coefficient (Wildman–Crippen LogP) is -0.370. The first-order chi connectivity index (χ1) is 5.47. The van der Waals surface area contributed by atoms with E-state index in [4.69, 9.17) is 0 Å². The molecule has 0 amide bonds. The number of nitrogens with one attached hydrogen (secondary N) is 1. The number of piperidine rings is 1. The molecule has 0 spiro atoms. The minimum absolute atomic E-state index is 0.110. The Bertz CT molecular complexity index is 238. The first kappa shape index (κ1) is 9.95. The molecule has 1 rings (SSSR count). The summed E-state index contributed by atoms with van der Waals surface area (Å²) in [6, 6.07) is 0.110. The zero-order valence-electron chi connectivity index (χ0n) is 7.58. The molecule has 0 aromatic heterocycles. The summed E-state index contributed by atoms with van der Waals surface area (Å²) in [5.41, 5.74) is 0. The highest BCUT2D eigenvalue weighted by molar-refractivity contribution is 7.88. The van der Waals surface area contributed by atoms with Crippen molar-refractivity contribution in [2.45, 2.75) is 18.9 Å². The van der Waals surface area contributed by atoms with Crippen molar-refractivity contribution in [2.24, 2.45) is 0 Å². The fraction of sp³-hybridized carbons (Fsp3) is 1.00. The number of rotatable bonds is 2. The maximum atomic E-state index is 10.9. The molecule has 1 saturated heterocycles. The van der Waals surface area contributed by atoms with Crippen LogP contribution in [0.3, 0.4) is 0 Å². The quantitative estimate of drug-likeness (QED) is 0.649. The molecule has 0 aromatic rings. The standard InChI is InChI=1S/C7H16N2O2S/c1-9-5-3-4-7(6-9)8-12(2,10)11/h7-8H,3-6H2,1-2H3/t7-/m0/s1. The maximum absolute atomic E-state index is 10.9. The molecule has 12 heavy (non-hydrogen) atoms. The molecular formula is C7H16N2O2S. The monoisotopic (exact) mass is 192 g/mol. The summed E-state index contributed by atoms with van der Waals surface area (Å²) in [7, 11) is -1.01. The smallest absolute Gasteiger partial charge is 0.208 e. The van der Waals surface area contributed by atoms with E-state index in [1.54, 1.807) is 0 Å². The molecule has 0 aliphatic carbocycles. The van der Waals surface area contributed by atoms with Gasteiger partial charge in [-0.2, -0.15) is 0 Å². The van der Waals surface area contributed by atoms with Gasteiger partial charge >= 0.3 is 0 Å². The summed E-state index contributed by atoms with van der Waals surface area (Å²) in [4.78, 5) is 2.15. The molecule has 0 radical (unpaired) electrons. The Morgan fingerprint density at radius 1 is 1.50 bits per heavy atom. The molecule has 4 nitrogen and oxygen atoms in total. The van der Waals surface area contributed by atoms with Crippen molar-refractivity contribution in [1.29, 1.82) is 0 Å². The second-order valence-corrected chi connectivity index (χ2v) is 5.27. The lowest BCUT2D eigenvalue weighted by Gasteiger charge is -2.29. The van der Waals surface area contributed by atoms with Crippen LogP contribution in [0.4, 0.5) is 0 Å². The summed E-state index contributed by atoms with van der Waals surface area (Å²) in [5.74, 6) is 0. The van der Waals surface area contributed by atoms with Crippen LogP contribution in [0.2, 0.25) is 0 Å². The van der Waals surface area contributed by atoms with E-state index < -0.39 is 10.0 Å². The van der Waals surface area contributed by atoms with Crippen LogP contribution in [0.1, 0.15) is 12.8 Å². The van der Waals surface area contributed by atoms with Crippen LogP contribution in [0.15, 0.2) is 0 Å². The molecule has 0 aromatic carbocycles. The number of sulfonamides is 1. The molecular weight excluding hydrogens is 176 g/mol. The zero-order valence-corrected chi connectivity index (χ0v) is 8.39. The van der Waals surface area contributed by atoms with Gasteiger partial charge in [-0.15, -0.1) is 0 Å². The average Bonchev–Trinajstić information content (AvgIpc) is 1.82. The van der Waals surface area contributed by atoms with E-state index in [0.29, 0.717) is 0 Å². The Morgan fingerprint density at radius 2 is 2.17 bits per heavy atom. The molecule has 1 heterocycles. The van der Waals surface area contributed by atoms with Crippen LogP contribution < -0.4 is 4.72 Å². The van der Waals surface area contributed by atoms with Gasteiger partial charge in [0, 0.05) is 12.6 Å². The second-order valence-electron chi connectivity index (χ2n) is 3.49. The van der Waals surface area contributed by atoms with Gasteiger partial charge in [0.05, 0.1) is 6.26 Å². The number of hydrogen-bond donors (Lipinski definition) is 1. The van der Waals surface area contributed by atoms with E-state index in [-0.39, 0.29) is 6.04 Å². The first-order valence-corrected chi connectivity index (χ1v) is 6.02. The van der Waals surface area contributed by atoms with Crippen molar-refractivity contribution < 1.29 is 8.42 Å². The minimum atomic E-state index is -3.02. The van der Waals surface area contributed by atoms with Gasteiger partial charge in [-0.3, -0.25) is 0 Å². The zero-order chi connectivity index (χ0) is 9.19. The molecule has 0 unspecified atom stereocenters. The molecule has 0 saturated carbocycles. The fourth-order valence-corrected chi connectivity index (χ4v) is 2.36. The number of nitrogens with zero attached hydrogens (tertiary/aromatic N) is 1. The molecule has 72 valence electrons. The summed E-state index contributed by atoms with van der Waals surface area (Å²) in [6.07, 6.45) is 3.24. The molecule has 1 fully saturated rings. The SMILES string of the molecule is CN1CCC[C@H](NS(C)(=O)=O)C1. The maximum Gasteiger partial charge on any atom is 0.208 e. The fourth-order valence-electron chi connectivity index (χ4n) is 1.57. The van der Waals surface area contributed by atoms with Crippen molar-refractivity contribution in [2.75, 3.05) is 26.4 Å². The number of hydrogen-bond acceptors (Lipinski definition) is 3. The van der Waals surface area contributed by atoms with E-state index in [1.165, 1.54) is 6.26 Å². The van der Waals surface area contributed by atoms with E-state index in [1.807, 2.05) is 7.05 Å². The van der Waals surface area contributed by atoms with Gasteiger partial charge in [0.15, 0.2) is 0 Å². The lowest BCUT2D eigenvalue weighted by molar-refractivity contribution is 0.242. The third kappa shape index (κ3) is 3.51. The summed E-state index contributed by atoms with van der Waals surface area (Å²) in [5, 5.41) is 0. The van der Waals surface area contributed by atoms with Crippen molar-refractivity contribution >= 4 is 10.0 Å². The lowest BCUT2D eigenvalue weighted by atomic mass is 10.1. The van der Waals surface area contributed by atoms with Gasteiger partial charge in [0.1, 0.15) is 0 Å². The average molecular weight is 192 g/mol. The highest BCUT2D eigenvalue weighted by Gasteiger charge is 2.19. The second kappa shape index (κ2) is 3.72. The Kier molecular flexibility index (Phi) is 3.09. The molecule has 1 atom stereocenters. The molecule has 1 aliphatic heterocycles. The Morgan fingerprint density at radius 3 is 2.67 bits per heavy atom. The normalized spacial score (nSPS) is 27.3. The van der Waals surface area contributed by atoms with Crippen LogP contribution in [0.5, 0.6) is 0 Å². The lowest BCUT2D eigenvalue weighted by Crippen LogP contribution is -2.45. The van der Waals surface area contributed by atoms with E-state index in [2.05, 4.69) is 9.62 Å². The molecule has 1 N–H and O–H groups in total. The Balaban J connectivity index is 2.43. The Labute approximate surface area is 74.0 Å². The van der Waals surface area contributed by atoms with Gasteiger partial charge in [-0.05, 0) is 26.4 Å². The summed E-state index contributed by atoms with van der Waals surface area (Å²) >= 11 is 0. The highest BCUT2D eigenvalue weighted by Crippen LogP contribution is 2.08. The van der Waals surface area contributed by atoms with Crippen molar-refractivity contribution in [3.05, 3.63) is 0 Å². The largest absolute Gasteiger partial charge is 0.305 e. The molecule has 0 bridgehead atoms. The number of likely N-dealkylation sites (tertiary alicyclic amines) is 1. The number of likely N-dealkylation sites (N-methyl/N-ethyl adjacent to an activating group) is 1. The first-order valence-electron chi connectivity index (χ1n) is 4.13. The van der Waals surface area contributed by atoms with Gasteiger partial charge in [0.25, 0.3) is 0 Å². The molecule has 5 heteroatoms. The van der Waals surface area contributed by atoms with Gasteiger partial charge in [-0.1, -0.05) is 0 Å². The Hall–Kier alpha value is -0.130. The topological polar surface area (TPSA) is 49.4 Å². The molecule has 1 aliphatic rings. The predicted molar refractivity (Wildman–Crippen MR) is 48.5 cm³/mol. The van der Waals surface area contributed by atoms with E-state index in [9.17, 15) is 8.42 Å². The highest BCUT2D eigenvalue weighted by atomic mass is 32.2. The van der Waals surface area contributed by atoms with Crippen molar-refractivity contribution in [3.8, 4) is 0 Å². The van der Waals surface area contributed by atoms with Crippen molar-refractivity contribution in [3.63, 3.8) is 0 Å². The third-order valence-electron chi connectivity index (χ3n) is 2.01. The minimum Gasteiger partial charge on any atom is -0.305 e. The summed E-state index contributed by atoms with van der Waals surface area (Å²) < 4.78 is 24.4. The van der Waals surface area contributed by atoms with Gasteiger partial charge < -0.3 is 4.90 Å². The van der Waals surface area contributed by atoms with E-state index >= 15 is 0 Å². The van der Waals surface area contributed by atoms with Crippen LogP contribution in [-0.2, 0) is 10.0 Å². The van der Waals surface area contributed by atoms with Crippen LogP contribution in [0, 0.1) is 0 Å².